The number of hydrogen-bond donors (Lipinski definition) is 0. The number of rotatable bonds is 4. The Labute approximate surface area is 84.1 Å². The summed E-state index contributed by atoms with van der Waals surface area (Å²) in [7, 11) is 0. The van der Waals surface area contributed by atoms with Crippen molar-refractivity contribution in [2.45, 2.75) is 53.9 Å². The van der Waals surface area contributed by atoms with Crippen molar-refractivity contribution in [3.05, 3.63) is 0 Å². The zero-order valence-electron chi connectivity index (χ0n) is 10.0. The highest BCUT2D eigenvalue weighted by atomic mass is 14.5. The molecule has 0 heterocycles. The van der Waals surface area contributed by atoms with Crippen molar-refractivity contribution in [3.8, 4) is 0 Å². The second-order valence-corrected chi connectivity index (χ2v) is 5.13. The molecule has 0 amide bonds. The molecule has 0 aromatic heterocycles. The van der Waals surface area contributed by atoms with Crippen molar-refractivity contribution >= 4 is 0 Å². The maximum Gasteiger partial charge on any atom is -0.0329 e. The van der Waals surface area contributed by atoms with Gasteiger partial charge in [0.15, 0.2) is 0 Å². The van der Waals surface area contributed by atoms with Crippen LogP contribution in [-0.2, 0) is 0 Å². The molecule has 0 N–H and O–H groups in total. The lowest BCUT2D eigenvalue weighted by Gasteiger charge is -2.52. The van der Waals surface area contributed by atoms with Gasteiger partial charge in [0.05, 0.1) is 0 Å². The van der Waals surface area contributed by atoms with Gasteiger partial charge in [-0.3, -0.25) is 0 Å². The van der Waals surface area contributed by atoms with Crippen molar-refractivity contribution in [1.82, 2.24) is 0 Å². The molecule has 13 heavy (non-hydrogen) atoms. The average molecular weight is 182 g/mol. The van der Waals surface area contributed by atoms with Gasteiger partial charge in [-0.15, -0.1) is 0 Å². The Bertz CT molecular complexity index is 146. The molecule has 0 bridgehead atoms. The lowest BCUT2D eigenvalue weighted by atomic mass is 9.53. The second-order valence-electron chi connectivity index (χ2n) is 5.13. The SMILES string of the molecule is CCCC1C(C)C(C)C1C(C)CC. The van der Waals surface area contributed by atoms with E-state index in [0.717, 1.165) is 29.6 Å². The van der Waals surface area contributed by atoms with E-state index < -0.39 is 0 Å². The Morgan fingerprint density at radius 2 is 1.69 bits per heavy atom. The van der Waals surface area contributed by atoms with Gasteiger partial charge in [0.1, 0.15) is 0 Å². The summed E-state index contributed by atoms with van der Waals surface area (Å²) in [6.45, 7) is 12.0. The minimum atomic E-state index is 0.947. The van der Waals surface area contributed by atoms with E-state index in [0.29, 0.717) is 0 Å². The normalized spacial score (nSPS) is 41.3. The first-order chi connectivity index (χ1) is 6.13. The van der Waals surface area contributed by atoms with Crippen LogP contribution in [0.2, 0.25) is 0 Å². The van der Waals surface area contributed by atoms with Gasteiger partial charge in [-0.25, -0.2) is 0 Å². The summed E-state index contributed by atoms with van der Waals surface area (Å²) in [4.78, 5) is 0. The van der Waals surface area contributed by atoms with Crippen LogP contribution in [0.4, 0.5) is 0 Å². The highest BCUT2D eigenvalue weighted by molar-refractivity contribution is 4.94. The summed E-state index contributed by atoms with van der Waals surface area (Å²) < 4.78 is 0. The van der Waals surface area contributed by atoms with E-state index in [1.54, 1.807) is 0 Å². The molecule has 1 rings (SSSR count). The zero-order chi connectivity index (χ0) is 10.0. The summed E-state index contributed by atoms with van der Waals surface area (Å²) in [6.07, 6.45) is 4.19. The summed E-state index contributed by atoms with van der Waals surface area (Å²) in [6, 6.07) is 0. The molecular formula is C13H26. The molecule has 0 heteroatoms. The van der Waals surface area contributed by atoms with Crippen LogP contribution in [0.1, 0.15) is 53.9 Å². The molecule has 1 aliphatic carbocycles. The highest BCUT2D eigenvalue weighted by Gasteiger charge is 2.45. The fourth-order valence-electron chi connectivity index (χ4n) is 3.34. The van der Waals surface area contributed by atoms with Gasteiger partial charge < -0.3 is 0 Å². The third-order valence-corrected chi connectivity index (χ3v) is 4.53. The van der Waals surface area contributed by atoms with Crippen molar-refractivity contribution in [2.75, 3.05) is 0 Å². The molecule has 0 radical (unpaired) electrons. The standard InChI is InChI=1S/C13H26/c1-6-8-12-10(4)11(5)13(12)9(3)7-2/h9-13H,6-8H2,1-5H3. The van der Waals surface area contributed by atoms with Crippen LogP contribution in [0.3, 0.4) is 0 Å². The molecule has 0 saturated heterocycles. The molecule has 78 valence electrons. The molecule has 1 saturated carbocycles. The molecule has 0 spiro atoms. The van der Waals surface area contributed by atoms with Gasteiger partial charge in [0.2, 0.25) is 0 Å². The summed E-state index contributed by atoms with van der Waals surface area (Å²) in [5, 5.41) is 0. The van der Waals surface area contributed by atoms with Crippen LogP contribution >= 0.6 is 0 Å². The van der Waals surface area contributed by atoms with Crippen molar-refractivity contribution < 1.29 is 0 Å². The summed E-state index contributed by atoms with van der Waals surface area (Å²) >= 11 is 0. The molecular weight excluding hydrogens is 156 g/mol. The summed E-state index contributed by atoms with van der Waals surface area (Å²) in [5.74, 6) is 4.98. The fourth-order valence-corrected chi connectivity index (χ4v) is 3.34. The maximum atomic E-state index is 2.45. The number of hydrogen-bond acceptors (Lipinski definition) is 0. The van der Waals surface area contributed by atoms with E-state index in [-0.39, 0.29) is 0 Å². The Morgan fingerprint density at radius 3 is 2.15 bits per heavy atom. The predicted molar refractivity (Wildman–Crippen MR) is 59.7 cm³/mol. The van der Waals surface area contributed by atoms with Gasteiger partial charge in [-0.2, -0.15) is 0 Å². The van der Waals surface area contributed by atoms with Crippen molar-refractivity contribution in [3.63, 3.8) is 0 Å². The highest BCUT2D eigenvalue weighted by Crippen LogP contribution is 2.52. The fraction of sp³-hybridized carbons (Fsp3) is 1.00. The van der Waals surface area contributed by atoms with Crippen LogP contribution < -0.4 is 0 Å². The molecule has 0 aliphatic heterocycles. The van der Waals surface area contributed by atoms with E-state index in [1.165, 1.54) is 19.3 Å². The first kappa shape index (κ1) is 11.1. The van der Waals surface area contributed by atoms with Gasteiger partial charge in [0, 0.05) is 0 Å². The van der Waals surface area contributed by atoms with E-state index in [4.69, 9.17) is 0 Å². The van der Waals surface area contributed by atoms with Crippen molar-refractivity contribution in [2.24, 2.45) is 29.6 Å². The smallest absolute Gasteiger partial charge is 0.0329 e. The molecule has 5 atom stereocenters. The lowest BCUT2D eigenvalue weighted by Crippen LogP contribution is -2.46. The molecule has 0 nitrogen and oxygen atoms in total. The van der Waals surface area contributed by atoms with Crippen LogP contribution in [-0.4, -0.2) is 0 Å². The largest absolute Gasteiger partial charge is 0.0654 e. The lowest BCUT2D eigenvalue weighted by molar-refractivity contribution is -0.0407. The minimum absolute atomic E-state index is 0.947. The Hall–Kier alpha value is 0. The van der Waals surface area contributed by atoms with Crippen LogP contribution in [0, 0.1) is 29.6 Å². The van der Waals surface area contributed by atoms with E-state index in [1.807, 2.05) is 0 Å². The van der Waals surface area contributed by atoms with Gasteiger partial charge in [-0.05, 0) is 29.6 Å². The van der Waals surface area contributed by atoms with Crippen LogP contribution in [0.5, 0.6) is 0 Å². The van der Waals surface area contributed by atoms with Crippen LogP contribution in [0.15, 0.2) is 0 Å². The summed E-state index contributed by atoms with van der Waals surface area (Å²) in [5.41, 5.74) is 0. The van der Waals surface area contributed by atoms with E-state index >= 15 is 0 Å². The Balaban J connectivity index is 2.51. The third kappa shape index (κ3) is 1.92. The zero-order valence-corrected chi connectivity index (χ0v) is 10.0. The van der Waals surface area contributed by atoms with Gasteiger partial charge >= 0.3 is 0 Å². The first-order valence-electron chi connectivity index (χ1n) is 6.13. The average Bonchev–Trinajstić information content (AvgIpc) is 2.16. The van der Waals surface area contributed by atoms with Crippen LogP contribution in [0.25, 0.3) is 0 Å². The molecule has 0 aromatic carbocycles. The van der Waals surface area contributed by atoms with Gasteiger partial charge in [-0.1, -0.05) is 53.9 Å². The predicted octanol–water partition coefficient (Wildman–Crippen LogP) is 4.35. The molecule has 5 unspecified atom stereocenters. The third-order valence-electron chi connectivity index (χ3n) is 4.53. The van der Waals surface area contributed by atoms with Crippen molar-refractivity contribution in [1.29, 1.82) is 0 Å². The molecule has 1 fully saturated rings. The minimum Gasteiger partial charge on any atom is -0.0654 e. The first-order valence-corrected chi connectivity index (χ1v) is 6.13. The molecule has 1 aliphatic rings. The quantitative estimate of drug-likeness (QED) is 0.606. The van der Waals surface area contributed by atoms with E-state index in [9.17, 15) is 0 Å². The Morgan fingerprint density at radius 1 is 1.08 bits per heavy atom. The molecule has 0 aromatic rings. The Kier molecular flexibility index (Phi) is 3.82. The second kappa shape index (κ2) is 4.48. The van der Waals surface area contributed by atoms with Gasteiger partial charge in [0.25, 0.3) is 0 Å². The maximum absolute atomic E-state index is 2.45. The topological polar surface area (TPSA) is 0 Å². The van der Waals surface area contributed by atoms with E-state index in [2.05, 4.69) is 34.6 Å². The monoisotopic (exact) mass is 182 g/mol.